The van der Waals surface area contributed by atoms with Crippen molar-refractivity contribution < 1.29 is 14.3 Å². The Morgan fingerprint density at radius 3 is 2.48 bits per heavy atom. The molecule has 1 aromatic rings. The van der Waals surface area contributed by atoms with Crippen LogP contribution in [0.2, 0.25) is 0 Å². The van der Waals surface area contributed by atoms with Crippen LogP contribution in [-0.4, -0.2) is 74.2 Å². The first-order chi connectivity index (χ1) is 12.1. The molecule has 1 atom stereocenters. The summed E-state index contributed by atoms with van der Waals surface area (Å²) in [5.74, 6) is 0.790. The number of rotatable bonds is 4. The SMILES string of the molecule is CCN1CCN(C(=O)N[C@@H]2CC(=O)N(c3ccc(OC)cc3)C2)CC1. The number of hydrogen-bond donors (Lipinski definition) is 1. The summed E-state index contributed by atoms with van der Waals surface area (Å²) >= 11 is 0. The van der Waals surface area contributed by atoms with Gasteiger partial charge in [-0.15, -0.1) is 0 Å². The number of nitrogens with one attached hydrogen (secondary N) is 1. The lowest BCUT2D eigenvalue weighted by molar-refractivity contribution is -0.117. The minimum absolute atomic E-state index is 0.0336. The van der Waals surface area contributed by atoms with Gasteiger partial charge in [-0.1, -0.05) is 6.92 Å². The third kappa shape index (κ3) is 4.04. The summed E-state index contributed by atoms with van der Waals surface area (Å²) in [7, 11) is 1.61. The zero-order valence-electron chi connectivity index (χ0n) is 14.9. The molecule has 2 aliphatic rings. The van der Waals surface area contributed by atoms with Gasteiger partial charge in [0.05, 0.1) is 13.2 Å². The number of ether oxygens (including phenoxy) is 1. The normalized spacial score (nSPS) is 21.5. The van der Waals surface area contributed by atoms with Gasteiger partial charge in [-0.05, 0) is 30.8 Å². The number of amides is 3. The fourth-order valence-corrected chi connectivity index (χ4v) is 3.35. The van der Waals surface area contributed by atoms with Gasteiger partial charge in [0.2, 0.25) is 5.91 Å². The van der Waals surface area contributed by atoms with E-state index < -0.39 is 0 Å². The number of benzene rings is 1. The molecule has 0 radical (unpaired) electrons. The second-order valence-electron chi connectivity index (χ2n) is 6.47. The highest BCUT2D eigenvalue weighted by Crippen LogP contribution is 2.24. The lowest BCUT2D eigenvalue weighted by atomic mass is 10.2. The zero-order chi connectivity index (χ0) is 17.8. The first-order valence-electron chi connectivity index (χ1n) is 8.83. The van der Waals surface area contributed by atoms with Gasteiger partial charge in [-0.25, -0.2) is 4.79 Å². The zero-order valence-corrected chi connectivity index (χ0v) is 14.9. The molecule has 0 saturated carbocycles. The van der Waals surface area contributed by atoms with Crippen LogP contribution in [0.25, 0.3) is 0 Å². The second-order valence-corrected chi connectivity index (χ2v) is 6.47. The highest BCUT2D eigenvalue weighted by molar-refractivity contribution is 5.96. The molecule has 3 amide bonds. The minimum Gasteiger partial charge on any atom is -0.497 e. The van der Waals surface area contributed by atoms with E-state index in [-0.39, 0.29) is 18.0 Å². The Balaban J connectivity index is 1.54. The summed E-state index contributed by atoms with van der Waals surface area (Å²) in [4.78, 5) is 30.6. The number of methoxy groups -OCH3 is 1. The molecule has 2 saturated heterocycles. The number of piperazine rings is 1. The summed E-state index contributed by atoms with van der Waals surface area (Å²) in [6.45, 7) is 6.95. The third-order valence-electron chi connectivity index (χ3n) is 4.94. The maximum atomic E-state index is 12.4. The number of likely N-dealkylation sites (N-methyl/N-ethyl adjacent to an activating group) is 1. The minimum atomic E-state index is -0.147. The van der Waals surface area contributed by atoms with Crippen molar-refractivity contribution in [3.8, 4) is 5.75 Å². The maximum absolute atomic E-state index is 12.4. The Morgan fingerprint density at radius 2 is 1.88 bits per heavy atom. The molecule has 1 aromatic carbocycles. The Bertz CT molecular complexity index is 611. The van der Waals surface area contributed by atoms with Gasteiger partial charge >= 0.3 is 6.03 Å². The first-order valence-corrected chi connectivity index (χ1v) is 8.83. The number of carbonyl (C=O) groups is 2. The molecule has 3 rings (SSSR count). The van der Waals surface area contributed by atoms with Crippen LogP contribution in [0.5, 0.6) is 5.75 Å². The summed E-state index contributed by atoms with van der Waals surface area (Å²) in [6, 6.07) is 7.19. The Labute approximate surface area is 148 Å². The van der Waals surface area contributed by atoms with Crippen LogP contribution in [-0.2, 0) is 4.79 Å². The standard InChI is InChI=1S/C18H26N4O3/c1-3-20-8-10-21(11-9-20)18(24)19-14-12-17(23)22(13-14)15-4-6-16(25-2)7-5-15/h4-7,14H,3,8-13H2,1-2H3,(H,19,24)/t14-/m1/s1. The molecular formula is C18H26N4O3. The summed E-state index contributed by atoms with van der Waals surface area (Å²) in [5, 5.41) is 3.02. The molecule has 1 N–H and O–H groups in total. The Kier molecular flexibility index (Phi) is 5.43. The van der Waals surface area contributed by atoms with Crippen LogP contribution in [0.1, 0.15) is 13.3 Å². The summed E-state index contributed by atoms with van der Waals surface area (Å²) in [5.41, 5.74) is 0.833. The molecule has 2 heterocycles. The quantitative estimate of drug-likeness (QED) is 0.888. The van der Waals surface area contributed by atoms with Crippen molar-refractivity contribution in [1.82, 2.24) is 15.1 Å². The highest BCUT2D eigenvalue weighted by Gasteiger charge is 2.33. The highest BCUT2D eigenvalue weighted by atomic mass is 16.5. The molecule has 0 unspecified atom stereocenters. The van der Waals surface area contributed by atoms with E-state index in [4.69, 9.17) is 4.74 Å². The van der Waals surface area contributed by atoms with Crippen molar-refractivity contribution in [2.45, 2.75) is 19.4 Å². The molecule has 0 bridgehead atoms. The van der Waals surface area contributed by atoms with E-state index in [9.17, 15) is 9.59 Å². The third-order valence-corrected chi connectivity index (χ3v) is 4.94. The molecule has 0 spiro atoms. The van der Waals surface area contributed by atoms with E-state index in [1.54, 1.807) is 12.0 Å². The Hall–Kier alpha value is -2.28. The molecule has 0 aliphatic carbocycles. The van der Waals surface area contributed by atoms with Crippen LogP contribution < -0.4 is 15.0 Å². The monoisotopic (exact) mass is 346 g/mol. The summed E-state index contributed by atoms with van der Waals surface area (Å²) in [6.07, 6.45) is 0.340. The average Bonchev–Trinajstić information content (AvgIpc) is 3.02. The van der Waals surface area contributed by atoms with Crippen molar-refractivity contribution in [3.05, 3.63) is 24.3 Å². The van der Waals surface area contributed by atoms with Gasteiger partial charge in [0, 0.05) is 44.8 Å². The van der Waals surface area contributed by atoms with E-state index in [0.29, 0.717) is 13.0 Å². The molecule has 7 heteroatoms. The molecular weight excluding hydrogens is 320 g/mol. The van der Waals surface area contributed by atoms with Gasteiger partial charge in [0.1, 0.15) is 5.75 Å². The number of anilines is 1. The Morgan fingerprint density at radius 1 is 1.20 bits per heavy atom. The van der Waals surface area contributed by atoms with Gasteiger partial charge in [-0.3, -0.25) is 4.79 Å². The van der Waals surface area contributed by atoms with E-state index >= 15 is 0 Å². The van der Waals surface area contributed by atoms with E-state index in [2.05, 4.69) is 17.1 Å². The van der Waals surface area contributed by atoms with Crippen molar-refractivity contribution in [1.29, 1.82) is 0 Å². The fraction of sp³-hybridized carbons (Fsp3) is 0.556. The van der Waals surface area contributed by atoms with E-state index in [0.717, 1.165) is 44.2 Å². The smallest absolute Gasteiger partial charge is 0.317 e. The van der Waals surface area contributed by atoms with Crippen molar-refractivity contribution in [2.75, 3.05) is 51.3 Å². The molecule has 136 valence electrons. The average molecular weight is 346 g/mol. The van der Waals surface area contributed by atoms with Gasteiger partial charge in [-0.2, -0.15) is 0 Å². The van der Waals surface area contributed by atoms with Gasteiger partial charge in [0.25, 0.3) is 0 Å². The molecule has 2 fully saturated rings. The number of urea groups is 1. The second kappa shape index (κ2) is 7.74. The molecule has 2 aliphatic heterocycles. The van der Waals surface area contributed by atoms with Crippen LogP contribution in [0.4, 0.5) is 10.5 Å². The van der Waals surface area contributed by atoms with Crippen LogP contribution in [0.3, 0.4) is 0 Å². The van der Waals surface area contributed by atoms with Crippen molar-refractivity contribution in [3.63, 3.8) is 0 Å². The largest absolute Gasteiger partial charge is 0.497 e. The van der Waals surface area contributed by atoms with Crippen molar-refractivity contribution >= 4 is 17.6 Å². The predicted octanol–water partition coefficient (Wildman–Crippen LogP) is 1.15. The van der Waals surface area contributed by atoms with Crippen LogP contribution >= 0.6 is 0 Å². The van der Waals surface area contributed by atoms with Crippen LogP contribution in [0.15, 0.2) is 24.3 Å². The topological polar surface area (TPSA) is 65.1 Å². The lowest BCUT2D eigenvalue weighted by Gasteiger charge is -2.34. The number of hydrogen-bond acceptors (Lipinski definition) is 4. The maximum Gasteiger partial charge on any atom is 0.317 e. The van der Waals surface area contributed by atoms with Gasteiger partial charge < -0.3 is 24.8 Å². The van der Waals surface area contributed by atoms with Crippen LogP contribution in [0, 0.1) is 0 Å². The van der Waals surface area contributed by atoms with Crippen molar-refractivity contribution in [2.24, 2.45) is 0 Å². The molecule has 25 heavy (non-hydrogen) atoms. The predicted molar refractivity (Wildman–Crippen MR) is 96.0 cm³/mol. The summed E-state index contributed by atoms with van der Waals surface area (Å²) < 4.78 is 5.15. The molecule has 7 nitrogen and oxygen atoms in total. The van der Waals surface area contributed by atoms with Gasteiger partial charge in [0.15, 0.2) is 0 Å². The number of carbonyl (C=O) groups excluding carboxylic acids is 2. The van der Waals surface area contributed by atoms with E-state index in [1.807, 2.05) is 29.2 Å². The van der Waals surface area contributed by atoms with E-state index in [1.165, 1.54) is 0 Å². The first kappa shape index (κ1) is 17.5. The fourth-order valence-electron chi connectivity index (χ4n) is 3.35. The number of nitrogens with zero attached hydrogens (tertiary/aromatic N) is 3. The molecule has 0 aromatic heterocycles. The lowest BCUT2D eigenvalue weighted by Crippen LogP contribution is -2.53.